The summed E-state index contributed by atoms with van der Waals surface area (Å²) in [6, 6.07) is 5.92. The van der Waals surface area contributed by atoms with E-state index in [-0.39, 0.29) is 5.78 Å². The average Bonchev–Trinajstić information content (AvgIpc) is 2.31. The molecule has 5 heteroatoms. The van der Waals surface area contributed by atoms with Crippen LogP contribution in [0.1, 0.15) is 23.0 Å². The summed E-state index contributed by atoms with van der Waals surface area (Å²) in [6.45, 7) is 3.28. The van der Waals surface area contributed by atoms with Crippen LogP contribution in [0.3, 0.4) is 0 Å². The van der Waals surface area contributed by atoms with Gasteiger partial charge in [-0.15, -0.1) is 0 Å². The Labute approximate surface area is 108 Å². The number of halogens is 1. The van der Waals surface area contributed by atoms with Crippen LogP contribution in [0.25, 0.3) is 0 Å². The van der Waals surface area contributed by atoms with Crippen LogP contribution >= 0.6 is 11.8 Å². The van der Waals surface area contributed by atoms with Gasteiger partial charge in [0.25, 0.3) is 0 Å². The maximum atomic E-state index is 13.1. The van der Waals surface area contributed by atoms with Gasteiger partial charge in [0.1, 0.15) is 5.82 Å². The number of ketones is 1. The number of aryl methyl sites for hydroxylation is 1. The van der Waals surface area contributed by atoms with Gasteiger partial charge < -0.3 is 0 Å². The number of hydrogen-bond acceptors (Lipinski definition) is 4. The fraction of sp³-hybridized carbons (Fsp3) is 0.154. The number of rotatable bonds is 3. The first-order chi connectivity index (χ1) is 8.56. The van der Waals surface area contributed by atoms with E-state index >= 15 is 0 Å². The Hall–Kier alpha value is -1.75. The molecule has 1 aromatic heterocycles. The molecular weight excluding hydrogens is 251 g/mol. The molecule has 0 spiro atoms. The molecule has 0 atom stereocenters. The number of carbonyl (C=O) groups is 1. The van der Waals surface area contributed by atoms with Crippen molar-refractivity contribution >= 4 is 17.5 Å². The Kier molecular flexibility index (Phi) is 3.72. The predicted octanol–water partition coefficient (Wildman–Crippen LogP) is 3.28. The smallest absolute Gasteiger partial charge is 0.192 e. The summed E-state index contributed by atoms with van der Waals surface area (Å²) >= 11 is 1.26. The lowest BCUT2D eigenvalue weighted by molar-refractivity contribution is 0.101. The van der Waals surface area contributed by atoms with Gasteiger partial charge in [0.15, 0.2) is 10.9 Å². The van der Waals surface area contributed by atoms with Crippen LogP contribution < -0.4 is 0 Å². The van der Waals surface area contributed by atoms with Crippen LogP contribution in [-0.4, -0.2) is 15.8 Å². The number of nitrogens with zero attached hydrogens (tertiary/aromatic N) is 2. The van der Waals surface area contributed by atoms with Crippen molar-refractivity contribution in [2.45, 2.75) is 23.9 Å². The molecule has 3 nitrogen and oxygen atoms in total. The first-order valence-corrected chi connectivity index (χ1v) is 6.16. The third kappa shape index (κ3) is 2.92. The quantitative estimate of drug-likeness (QED) is 0.629. The minimum atomic E-state index is -0.422. The molecule has 18 heavy (non-hydrogen) atoms. The highest BCUT2D eigenvalue weighted by Gasteiger charge is 2.11. The summed E-state index contributed by atoms with van der Waals surface area (Å²) in [5, 5.41) is 0.545. The van der Waals surface area contributed by atoms with Gasteiger partial charge >= 0.3 is 0 Å². The highest BCUT2D eigenvalue weighted by molar-refractivity contribution is 7.99. The van der Waals surface area contributed by atoms with Crippen LogP contribution in [0, 0.1) is 12.7 Å². The maximum Gasteiger partial charge on any atom is 0.192 e. The third-order valence-corrected chi connectivity index (χ3v) is 3.25. The minimum absolute atomic E-state index is 0.176. The van der Waals surface area contributed by atoms with Gasteiger partial charge in [0.2, 0.25) is 0 Å². The molecule has 0 saturated heterocycles. The van der Waals surface area contributed by atoms with Gasteiger partial charge in [-0.2, -0.15) is 0 Å². The molecule has 0 aliphatic carbocycles. The van der Waals surface area contributed by atoms with E-state index in [1.54, 1.807) is 18.3 Å². The summed E-state index contributed by atoms with van der Waals surface area (Å²) in [6.07, 6.45) is 1.65. The normalized spacial score (nSPS) is 10.4. The zero-order chi connectivity index (χ0) is 13.1. The third-order valence-electron chi connectivity index (χ3n) is 2.29. The van der Waals surface area contributed by atoms with Gasteiger partial charge in [0.05, 0.1) is 0 Å². The summed E-state index contributed by atoms with van der Waals surface area (Å²) in [5.74, 6) is -0.598. The number of hydrogen-bond donors (Lipinski definition) is 0. The standard InChI is InChI=1S/C13H11FN2OS/c1-8-5-6-15-13(16-8)18-12-4-3-10(14)7-11(12)9(2)17/h3-7H,1-2H3. The van der Waals surface area contributed by atoms with Crippen LogP contribution in [0.5, 0.6) is 0 Å². The van der Waals surface area contributed by atoms with Crippen molar-refractivity contribution < 1.29 is 9.18 Å². The van der Waals surface area contributed by atoms with E-state index in [0.717, 1.165) is 5.69 Å². The van der Waals surface area contributed by atoms with Crippen LogP contribution in [-0.2, 0) is 0 Å². The van der Waals surface area contributed by atoms with E-state index in [1.165, 1.54) is 30.8 Å². The molecule has 0 amide bonds. The Bertz CT molecular complexity index is 601. The molecule has 0 saturated carbocycles. The van der Waals surface area contributed by atoms with Crippen molar-refractivity contribution in [2.75, 3.05) is 0 Å². The van der Waals surface area contributed by atoms with E-state index < -0.39 is 5.82 Å². The molecule has 0 N–H and O–H groups in total. The highest BCUT2D eigenvalue weighted by atomic mass is 32.2. The first kappa shape index (κ1) is 12.7. The van der Waals surface area contributed by atoms with Crippen molar-refractivity contribution in [3.05, 3.63) is 47.5 Å². The molecular formula is C13H11FN2OS. The Balaban J connectivity index is 2.37. The van der Waals surface area contributed by atoms with Crippen LogP contribution in [0.2, 0.25) is 0 Å². The Morgan fingerprint density at radius 1 is 1.33 bits per heavy atom. The molecule has 0 bridgehead atoms. The molecule has 2 aromatic rings. The van der Waals surface area contributed by atoms with Crippen molar-refractivity contribution in [3.63, 3.8) is 0 Å². The molecule has 2 rings (SSSR count). The molecule has 1 aromatic carbocycles. The molecule has 0 aliphatic heterocycles. The van der Waals surface area contributed by atoms with E-state index in [2.05, 4.69) is 9.97 Å². The Morgan fingerprint density at radius 3 is 2.78 bits per heavy atom. The lowest BCUT2D eigenvalue weighted by atomic mass is 10.1. The maximum absolute atomic E-state index is 13.1. The summed E-state index contributed by atoms with van der Waals surface area (Å²) in [5.41, 5.74) is 1.20. The minimum Gasteiger partial charge on any atom is -0.294 e. The van der Waals surface area contributed by atoms with Gasteiger partial charge in [-0.1, -0.05) is 0 Å². The Morgan fingerprint density at radius 2 is 2.11 bits per heavy atom. The van der Waals surface area contributed by atoms with Gasteiger partial charge in [-0.3, -0.25) is 4.79 Å². The number of Topliss-reactive ketones (excluding diaryl/α,β-unsaturated/α-hetero) is 1. The van der Waals surface area contributed by atoms with Gasteiger partial charge in [-0.25, -0.2) is 14.4 Å². The fourth-order valence-corrected chi connectivity index (χ4v) is 2.39. The molecule has 0 unspecified atom stereocenters. The zero-order valence-electron chi connectivity index (χ0n) is 9.98. The van der Waals surface area contributed by atoms with Crippen molar-refractivity contribution in [1.82, 2.24) is 9.97 Å². The van der Waals surface area contributed by atoms with Crippen molar-refractivity contribution in [2.24, 2.45) is 0 Å². The molecule has 92 valence electrons. The lowest BCUT2D eigenvalue weighted by Gasteiger charge is -2.05. The second kappa shape index (κ2) is 5.27. The van der Waals surface area contributed by atoms with Crippen molar-refractivity contribution in [1.29, 1.82) is 0 Å². The van der Waals surface area contributed by atoms with Gasteiger partial charge in [-0.05, 0) is 49.9 Å². The number of aromatic nitrogens is 2. The largest absolute Gasteiger partial charge is 0.294 e. The molecule has 0 aliphatic rings. The first-order valence-electron chi connectivity index (χ1n) is 5.34. The lowest BCUT2D eigenvalue weighted by Crippen LogP contribution is -1.97. The number of benzene rings is 1. The monoisotopic (exact) mass is 262 g/mol. The summed E-state index contributed by atoms with van der Waals surface area (Å²) in [7, 11) is 0. The fourth-order valence-electron chi connectivity index (χ4n) is 1.44. The second-order valence-electron chi connectivity index (χ2n) is 3.78. The van der Waals surface area contributed by atoms with E-state index in [1.807, 2.05) is 6.92 Å². The summed E-state index contributed by atoms with van der Waals surface area (Å²) < 4.78 is 13.1. The second-order valence-corrected chi connectivity index (χ2v) is 4.79. The highest BCUT2D eigenvalue weighted by Crippen LogP contribution is 2.28. The average molecular weight is 262 g/mol. The van der Waals surface area contributed by atoms with E-state index in [9.17, 15) is 9.18 Å². The predicted molar refractivity (Wildman–Crippen MR) is 67.3 cm³/mol. The number of carbonyl (C=O) groups excluding carboxylic acids is 1. The van der Waals surface area contributed by atoms with Crippen LogP contribution in [0.4, 0.5) is 4.39 Å². The van der Waals surface area contributed by atoms with E-state index in [4.69, 9.17) is 0 Å². The van der Waals surface area contributed by atoms with E-state index in [0.29, 0.717) is 15.6 Å². The SMILES string of the molecule is CC(=O)c1cc(F)ccc1Sc1nccc(C)n1. The summed E-state index contributed by atoms with van der Waals surface area (Å²) in [4.78, 5) is 20.5. The zero-order valence-corrected chi connectivity index (χ0v) is 10.8. The molecule has 1 heterocycles. The van der Waals surface area contributed by atoms with Crippen molar-refractivity contribution in [3.8, 4) is 0 Å². The molecule has 0 radical (unpaired) electrons. The topological polar surface area (TPSA) is 42.9 Å². The molecule has 0 fully saturated rings. The van der Waals surface area contributed by atoms with Gasteiger partial charge in [0, 0.05) is 22.3 Å². The van der Waals surface area contributed by atoms with Crippen LogP contribution in [0.15, 0.2) is 40.5 Å².